The number of rotatable bonds is 4. The first-order valence-electron chi connectivity index (χ1n) is 11.2. The van der Waals surface area contributed by atoms with Crippen LogP contribution in [0, 0.1) is 20.8 Å². The van der Waals surface area contributed by atoms with E-state index in [1.54, 1.807) is 35.9 Å². The molecule has 2 aromatic carbocycles. The van der Waals surface area contributed by atoms with Crippen LogP contribution >= 0.6 is 0 Å². The number of carbonyl (C=O) groups is 1. The molecule has 4 heterocycles. The molecule has 0 aliphatic carbocycles. The lowest BCUT2D eigenvalue weighted by atomic mass is 10.1. The summed E-state index contributed by atoms with van der Waals surface area (Å²) in [7, 11) is 0. The number of hydrogen-bond acceptors (Lipinski definition) is 7. The molecule has 11 heteroatoms. The Hall–Kier alpha value is -4.93. The van der Waals surface area contributed by atoms with Crippen molar-refractivity contribution in [3.8, 4) is 23.1 Å². The molecule has 11 nitrogen and oxygen atoms in total. The van der Waals surface area contributed by atoms with Gasteiger partial charge in [-0.05, 0) is 50.6 Å². The maximum absolute atomic E-state index is 13.0. The van der Waals surface area contributed by atoms with Crippen molar-refractivity contribution >= 4 is 22.8 Å². The van der Waals surface area contributed by atoms with Gasteiger partial charge in [0.15, 0.2) is 17.1 Å². The Morgan fingerprint density at radius 2 is 1.86 bits per heavy atom. The van der Waals surface area contributed by atoms with Gasteiger partial charge in [-0.2, -0.15) is 19.9 Å². The fourth-order valence-electron chi connectivity index (χ4n) is 4.20. The molecule has 0 saturated carbocycles. The van der Waals surface area contributed by atoms with Crippen LogP contribution in [-0.4, -0.2) is 42.2 Å². The minimum Gasteiger partial charge on any atom is -0.454 e. The van der Waals surface area contributed by atoms with Gasteiger partial charge in [-0.1, -0.05) is 17.7 Å². The molecule has 0 bridgehead atoms. The van der Waals surface area contributed by atoms with E-state index in [9.17, 15) is 9.59 Å². The van der Waals surface area contributed by atoms with Crippen LogP contribution in [0.2, 0.25) is 0 Å². The molecule has 3 aromatic heterocycles. The molecule has 0 saturated heterocycles. The maximum atomic E-state index is 13.0. The minimum atomic E-state index is -0.377. The molecule has 0 atom stereocenters. The van der Waals surface area contributed by atoms with E-state index in [-0.39, 0.29) is 24.2 Å². The highest BCUT2D eigenvalue weighted by Gasteiger charge is 2.20. The number of aromatic nitrogens is 6. The van der Waals surface area contributed by atoms with Gasteiger partial charge in [0, 0.05) is 11.6 Å². The minimum absolute atomic E-state index is 0.118. The van der Waals surface area contributed by atoms with Crippen LogP contribution in [0.15, 0.2) is 53.5 Å². The fourth-order valence-corrected chi connectivity index (χ4v) is 4.20. The zero-order chi connectivity index (χ0) is 25.0. The average molecular weight is 483 g/mol. The van der Waals surface area contributed by atoms with E-state index in [2.05, 4.69) is 25.5 Å². The molecule has 36 heavy (non-hydrogen) atoms. The zero-order valence-electron chi connectivity index (χ0n) is 19.7. The van der Waals surface area contributed by atoms with Crippen molar-refractivity contribution in [3.63, 3.8) is 0 Å². The van der Waals surface area contributed by atoms with E-state index in [0.717, 1.165) is 16.8 Å². The predicted octanol–water partition coefficient (Wildman–Crippen LogP) is 3.20. The average Bonchev–Trinajstić information content (AvgIpc) is 3.57. The van der Waals surface area contributed by atoms with E-state index in [4.69, 9.17) is 9.47 Å². The maximum Gasteiger partial charge on any atom is 0.263 e. The Morgan fingerprint density at radius 1 is 1.03 bits per heavy atom. The van der Waals surface area contributed by atoms with Crippen LogP contribution in [0.3, 0.4) is 0 Å². The summed E-state index contributed by atoms with van der Waals surface area (Å²) in [6.45, 7) is 5.89. The monoisotopic (exact) mass is 483 g/mol. The van der Waals surface area contributed by atoms with Crippen molar-refractivity contribution in [2.45, 2.75) is 20.8 Å². The molecular formula is C25H21N7O4. The topological polar surface area (TPSA) is 129 Å². The van der Waals surface area contributed by atoms with Crippen LogP contribution in [0.1, 0.15) is 27.2 Å². The Balaban J connectivity index is 1.41. The summed E-state index contributed by atoms with van der Waals surface area (Å²) in [4.78, 5) is 33.3. The number of carbonyl (C=O) groups excluding carboxylic acids is 1. The zero-order valence-corrected chi connectivity index (χ0v) is 19.7. The Morgan fingerprint density at radius 3 is 2.69 bits per heavy atom. The first-order valence-corrected chi connectivity index (χ1v) is 11.2. The first-order chi connectivity index (χ1) is 17.4. The van der Waals surface area contributed by atoms with E-state index in [1.807, 2.05) is 32.0 Å². The van der Waals surface area contributed by atoms with Crippen molar-refractivity contribution in [3.05, 3.63) is 81.4 Å². The number of anilines is 1. The molecule has 1 aliphatic heterocycles. The summed E-state index contributed by atoms with van der Waals surface area (Å²) in [5.74, 6) is 1.20. The summed E-state index contributed by atoms with van der Waals surface area (Å²) in [5.41, 5.74) is 3.95. The SMILES string of the molecule is Cc1ccc(-n2ncc3c(=O)[nH]c(-n4nc(C)cc4NC(=O)c4ccc5c(c4)OCO5)nc32)c(C)c1. The third-order valence-corrected chi connectivity index (χ3v) is 5.91. The second-order valence-electron chi connectivity index (χ2n) is 8.58. The summed E-state index contributed by atoms with van der Waals surface area (Å²) in [5, 5.41) is 12.0. The highest BCUT2D eigenvalue weighted by atomic mass is 16.7. The van der Waals surface area contributed by atoms with E-state index >= 15 is 0 Å². The van der Waals surface area contributed by atoms with Crippen LogP contribution in [0.5, 0.6) is 11.5 Å². The molecule has 180 valence electrons. The molecule has 0 unspecified atom stereocenters. The van der Waals surface area contributed by atoms with E-state index in [1.165, 1.54) is 10.9 Å². The normalized spacial score (nSPS) is 12.3. The number of H-pyrrole nitrogens is 1. The van der Waals surface area contributed by atoms with Crippen LogP contribution in [0.4, 0.5) is 5.82 Å². The van der Waals surface area contributed by atoms with Gasteiger partial charge in [-0.3, -0.25) is 14.6 Å². The highest BCUT2D eigenvalue weighted by Crippen LogP contribution is 2.32. The molecule has 0 radical (unpaired) electrons. The Labute approximate surface area is 204 Å². The number of ether oxygens (including phenoxy) is 2. The van der Waals surface area contributed by atoms with Crippen molar-refractivity contribution < 1.29 is 14.3 Å². The smallest absolute Gasteiger partial charge is 0.263 e. The molecule has 2 N–H and O–H groups in total. The van der Waals surface area contributed by atoms with Crippen LogP contribution in [0.25, 0.3) is 22.7 Å². The van der Waals surface area contributed by atoms with Crippen molar-refractivity contribution in [1.82, 2.24) is 29.5 Å². The molecule has 1 amide bonds. The number of nitrogens with one attached hydrogen (secondary N) is 2. The molecular weight excluding hydrogens is 462 g/mol. The molecule has 5 aromatic rings. The number of aromatic amines is 1. The fraction of sp³-hybridized carbons (Fsp3) is 0.160. The lowest BCUT2D eigenvalue weighted by Gasteiger charge is -2.10. The van der Waals surface area contributed by atoms with Gasteiger partial charge in [-0.25, -0.2) is 4.68 Å². The van der Waals surface area contributed by atoms with Crippen molar-refractivity contribution in [2.75, 3.05) is 12.1 Å². The Bertz CT molecular complexity index is 1730. The van der Waals surface area contributed by atoms with Gasteiger partial charge in [0.1, 0.15) is 11.2 Å². The summed E-state index contributed by atoms with van der Waals surface area (Å²) < 4.78 is 13.7. The number of benzene rings is 2. The van der Waals surface area contributed by atoms with E-state index < -0.39 is 0 Å². The number of hydrogen-bond donors (Lipinski definition) is 2. The van der Waals surface area contributed by atoms with Crippen molar-refractivity contribution in [2.24, 2.45) is 0 Å². The van der Waals surface area contributed by atoms with Crippen LogP contribution < -0.4 is 20.3 Å². The van der Waals surface area contributed by atoms with Crippen molar-refractivity contribution in [1.29, 1.82) is 0 Å². The second-order valence-corrected chi connectivity index (χ2v) is 8.58. The lowest BCUT2D eigenvalue weighted by Crippen LogP contribution is -2.19. The molecule has 6 rings (SSSR count). The summed E-state index contributed by atoms with van der Waals surface area (Å²) in [6, 6.07) is 12.6. The standard InChI is InChI=1S/C25H21N7O4/c1-13-4-6-18(14(2)8-13)31-22-17(11-26-31)24(34)29-25(28-22)32-21(9-15(3)30-32)27-23(33)16-5-7-19-20(10-16)36-12-35-19/h4-11H,12H2,1-3H3,(H,27,33)(H,28,29,34). The largest absolute Gasteiger partial charge is 0.454 e. The molecule has 0 spiro atoms. The van der Waals surface area contributed by atoms with Gasteiger partial charge in [0.05, 0.1) is 17.6 Å². The summed E-state index contributed by atoms with van der Waals surface area (Å²) >= 11 is 0. The first kappa shape index (κ1) is 21.6. The highest BCUT2D eigenvalue weighted by molar-refractivity contribution is 6.04. The third-order valence-electron chi connectivity index (χ3n) is 5.91. The third kappa shape index (κ3) is 3.57. The van der Waals surface area contributed by atoms with E-state index in [0.29, 0.717) is 39.6 Å². The Kier molecular flexibility index (Phi) is 4.85. The molecule has 0 fully saturated rings. The lowest BCUT2D eigenvalue weighted by molar-refractivity contribution is 0.102. The number of amides is 1. The summed E-state index contributed by atoms with van der Waals surface area (Å²) in [6.07, 6.45) is 1.49. The second kappa shape index (κ2) is 8.08. The molecule has 1 aliphatic rings. The van der Waals surface area contributed by atoms with Gasteiger partial charge < -0.3 is 14.8 Å². The van der Waals surface area contributed by atoms with Gasteiger partial charge in [-0.15, -0.1) is 0 Å². The quantitative estimate of drug-likeness (QED) is 0.402. The number of aryl methyl sites for hydroxylation is 3. The van der Waals surface area contributed by atoms with Crippen LogP contribution in [-0.2, 0) is 0 Å². The number of fused-ring (bicyclic) bond motifs is 2. The van der Waals surface area contributed by atoms with Gasteiger partial charge in [0.2, 0.25) is 12.7 Å². The van der Waals surface area contributed by atoms with Gasteiger partial charge in [0.25, 0.3) is 11.5 Å². The van der Waals surface area contributed by atoms with Gasteiger partial charge >= 0.3 is 0 Å². The predicted molar refractivity (Wildman–Crippen MR) is 131 cm³/mol. The number of nitrogens with zero attached hydrogens (tertiary/aromatic N) is 5.